The molecule has 2 unspecified atom stereocenters. The van der Waals surface area contributed by atoms with Crippen molar-refractivity contribution >= 4 is 5.82 Å². The molecule has 0 bridgehead atoms. The van der Waals surface area contributed by atoms with Crippen molar-refractivity contribution in [1.29, 1.82) is 0 Å². The molecule has 1 aromatic heterocycles. The summed E-state index contributed by atoms with van der Waals surface area (Å²) in [5.41, 5.74) is 16.3. The Morgan fingerprint density at radius 1 is 1.20 bits per heavy atom. The van der Waals surface area contributed by atoms with Crippen molar-refractivity contribution in [2.24, 2.45) is 11.7 Å². The number of fused-ring (bicyclic) bond motifs is 1. The average molecular weight is 267 g/mol. The van der Waals surface area contributed by atoms with Gasteiger partial charge in [-0.2, -0.15) is 0 Å². The first-order chi connectivity index (χ1) is 9.72. The normalized spacial score (nSPS) is 19.4. The van der Waals surface area contributed by atoms with Crippen LogP contribution in [0.5, 0.6) is 0 Å². The molecule has 20 heavy (non-hydrogen) atoms. The van der Waals surface area contributed by atoms with E-state index in [1.165, 1.54) is 23.1 Å². The second-order valence-electron chi connectivity index (χ2n) is 5.73. The van der Waals surface area contributed by atoms with Crippen LogP contribution in [0.3, 0.4) is 0 Å². The number of aromatic nitrogens is 1. The van der Waals surface area contributed by atoms with Crippen LogP contribution in [0.25, 0.3) is 0 Å². The maximum Gasteiger partial charge on any atom is 0.123 e. The SMILES string of the molecule is Nc1cc(CC(N)C2CCc3ccccc3C2)ccn1. The van der Waals surface area contributed by atoms with Gasteiger partial charge in [-0.1, -0.05) is 24.3 Å². The third kappa shape index (κ3) is 2.83. The number of pyridine rings is 1. The lowest BCUT2D eigenvalue weighted by Crippen LogP contribution is -2.35. The quantitative estimate of drug-likeness (QED) is 0.897. The zero-order valence-electron chi connectivity index (χ0n) is 11.6. The number of rotatable bonds is 3. The molecule has 0 aliphatic heterocycles. The Labute approximate surface area is 120 Å². The van der Waals surface area contributed by atoms with Gasteiger partial charge in [-0.05, 0) is 60.4 Å². The zero-order valence-corrected chi connectivity index (χ0v) is 11.6. The van der Waals surface area contributed by atoms with Gasteiger partial charge in [0.1, 0.15) is 5.82 Å². The van der Waals surface area contributed by atoms with Crippen molar-refractivity contribution in [2.75, 3.05) is 5.73 Å². The van der Waals surface area contributed by atoms with Crippen molar-refractivity contribution in [3.05, 3.63) is 59.3 Å². The summed E-state index contributed by atoms with van der Waals surface area (Å²) in [6.07, 6.45) is 6.05. The van der Waals surface area contributed by atoms with E-state index in [0.29, 0.717) is 11.7 Å². The highest BCUT2D eigenvalue weighted by atomic mass is 14.8. The van der Waals surface area contributed by atoms with Crippen molar-refractivity contribution in [3.63, 3.8) is 0 Å². The molecule has 1 aromatic carbocycles. The second kappa shape index (κ2) is 5.63. The van der Waals surface area contributed by atoms with Crippen LogP contribution >= 0.6 is 0 Å². The number of nitrogens with two attached hydrogens (primary N) is 2. The van der Waals surface area contributed by atoms with Crippen LogP contribution in [0, 0.1) is 5.92 Å². The molecule has 1 aliphatic rings. The van der Waals surface area contributed by atoms with Crippen molar-refractivity contribution in [2.45, 2.75) is 31.7 Å². The van der Waals surface area contributed by atoms with E-state index >= 15 is 0 Å². The van der Waals surface area contributed by atoms with Gasteiger partial charge in [0.05, 0.1) is 0 Å². The molecule has 1 aliphatic carbocycles. The summed E-state index contributed by atoms with van der Waals surface area (Å²) < 4.78 is 0. The first-order valence-corrected chi connectivity index (χ1v) is 7.25. The largest absolute Gasteiger partial charge is 0.384 e. The van der Waals surface area contributed by atoms with Crippen LogP contribution < -0.4 is 11.5 Å². The minimum atomic E-state index is 0.185. The maximum atomic E-state index is 6.43. The number of nitrogen functional groups attached to an aromatic ring is 1. The Morgan fingerprint density at radius 2 is 2.00 bits per heavy atom. The molecule has 2 aromatic rings. The van der Waals surface area contributed by atoms with Crippen LogP contribution in [0.15, 0.2) is 42.6 Å². The van der Waals surface area contributed by atoms with Gasteiger partial charge in [0, 0.05) is 12.2 Å². The fraction of sp³-hybridized carbons (Fsp3) is 0.353. The van der Waals surface area contributed by atoms with Gasteiger partial charge < -0.3 is 11.5 Å². The van der Waals surface area contributed by atoms with Crippen molar-refractivity contribution in [3.8, 4) is 0 Å². The topological polar surface area (TPSA) is 64.9 Å². The number of nitrogens with zero attached hydrogens (tertiary/aromatic N) is 1. The van der Waals surface area contributed by atoms with Gasteiger partial charge in [-0.15, -0.1) is 0 Å². The summed E-state index contributed by atoms with van der Waals surface area (Å²) in [6.45, 7) is 0. The lowest BCUT2D eigenvalue weighted by atomic mass is 9.79. The van der Waals surface area contributed by atoms with E-state index < -0.39 is 0 Å². The Morgan fingerprint density at radius 3 is 2.80 bits per heavy atom. The molecule has 0 amide bonds. The molecule has 0 saturated carbocycles. The number of hydrogen-bond acceptors (Lipinski definition) is 3. The second-order valence-corrected chi connectivity index (χ2v) is 5.73. The lowest BCUT2D eigenvalue weighted by Gasteiger charge is -2.29. The fourth-order valence-electron chi connectivity index (χ4n) is 3.15. The Hall–Kier alpha value is -1.87. The van der Waals surface area contributed by atoms with E-state index in [0.717, 1.165) is 19.3 Å². The van der Waals surface area contributed by atoms with Gasteiger partial charge in [-0.25, -0.2) is 4.98 Å². The highest BCUT2D eigenvalue weighted by Gasteiger charge is 2.23. The minimum Gasteiger partial charge on any atom is -0.384 e. The summed E-state index contributed by atoms with van der Waals surface area (Å²) in [6, 6.07) is 12.8. The molecule has 1 heterocycles. The molecule has 0 radical (unpaired) electrons. The van der Waals surface area contributed by atoms with Crippen molar-refractivity contribution < 1.29 is 0 Å². The Kier molecular flexibility index (Phi) is 3.70. The maximum absolute atomic E-state index is 6.43. The number of benzene rings is 1. The van der Waals surface area contributed by atoms with E-state index in [4.69, 9.17) is 11.5 Å². The van der Waals surface area contributed by atoms with Gasteiger partial charge >= 0.3 is 0 Å². The van der Waals surface area contributed by atoms with Crippen LogP contribution in [0.4, 0.5) is 5.82 Å². The monoisotopic (exact) mass is 267 g/mol. The molecular weight excluding hydrogens is 246 g/mol. The van der Waals surface area contributed by atoms with E-state index in [-0.39, 0.29) is 6.04 Å². The lowest BCUT2D eigenvalue weighted by molar-refractivity contribution is 0.372. The van der Waals surface area contributed by atoms with Crippen LogP contribution in [0.1, 0.15) is 23.1 Å². The minimum absolute atomic E-state index is 0.185. The average Bonchev–Trinajstić information content (AvgIpc) is 2.47. The predicted octanol–water partition coefficient (Wildman–Crippen LogP) is 2.34. The van der Waals surface area contributed by atoms with Crippen LogP contribution in [-0.4, -0.2) is 11.0 Å². The first-order valence-electron chi connectivity index (χ1n) is 7.25. The highest BCUT2D eigenvalue weighted by molar-refractivity contribution is 5.33. The molecule has 0 saturated heterocycles. The molecule has 4 N–H and O–H groups in total. The molecule has 3 nitrogen and oxygen atoms in total. The summed E-state index contributed by atoms with van der Waals surface area (Å²) in [4.78, 5) is 4.03. The fourth-order valence-corrected chi connectivity index (χ4v) is 3.15. The molecule has 3 rings (SSSR count). The molecule has 0 spiro atoms. The Bertz CT molecular complexity index is 594. The van der Waals surface area contributed by atoms with E-state index in [9.17, 15) is 0 Å². The van der Waals surface area contributed by atoms with Gasteiger partial charge in [0.25, 0.3) is 0 Å². The highest BCUT2D eigenvalue weighted by Crippen LogP contribution is 2.28. The standard InChI is InChI=1S/C17H21N3/c18-16(9-12-7-8-20-17(19)10-12)15-6-5-13-3-1-2-4-14(13)11-15/h1-4,7-8,10,15-16H,5-6,9,11,18H2,(H2,19,20). The third-order valence-corrected chi connectivity index (χ3v) is 4.31. The summed E-state index contributed by atoms with van der Waals surface area (Å²) >= 11 is 0. The van der Waals surface area contributed by atoms with E-state index in [1.807, 2.05) is 12.1 Å². The smallest absolute Gasteiger partial charge is 0.123 e. The molecule has 3 heteroatoms. The van der Waals surface area contributed by atoms with E-state index in [1.54, 1.807) is 6.20 Å². The molecular formula is C17H21N3. The summed E-state index contributed by atoms with van der Waals surface area (Å²) in [5.74, 6) is 1.13. The third-order valence-electron chi connectivity index (χ3n) is 4.31. The van der Waals surface area contributed by atoms with Gasteiger partial charge in [-0.3, -0.25) is 0 Å². The predicted molar refractivity (Wildman–Crippen MR) is 82.3 cm³/mol. The number of aryl methyl sites for hydroxylation is 1. The number of hydrogen-bond donors (Lipinski definition) is 2. The first kappa shape index (κ1) is 13.1. The molecule has 2 atom stereocenters. The number of anilines is 1. The van der Waals surface area contributed by atoms with Crippen molar-refractivity contribution in [1.82, 2.24) is 4.98 Å². The van der Waals surface area contributed by atoms with Crippen LogP contribution in [-0.2, 0) is 19.3 Å². The summed E-state index contributed by atoms with van der Waals surface area (Å²) in [5, 5.41) is 0. The van der Waals surface area contributed by atoms with E-state index in [2.05, 4.69) is 29.2 Å². The molecule has 104 valence electrons. The van der Waals surface area contributed by atoms with Gasteiger partial charge in [0.15, 0.2) is 0 Å². The van der Waals surface area contributed by atoms with Gasteiger partial charge in [0.2, 0.25) is 0 Å². The summed E-state index contributed by atoms with van der Waals surface area (Å²) in [7, 11) is 0. The van der Waals surface area contributed by atoms with Crippen LogP contribution in [0.2, 0.25) is 0 Å². The Balaban J connectivity index is 1.68. The zero-order chi connectivity index (χ0) is 13.9. The molecule has 0 fully saturated rings.